The summed E-state index contributed by atoms with van der Waals surface area (Å²) < 4.78 is 6.97. The Kier molecular flexibility index (Phi) is 6.46. The summed E-state index contributed by atoms with van der Waals surface area (Å²) in [6, 6.07) is 16.1. The highest BCUT2D eigenvalue weighted by Gasteiger charge is 2.13. The van der Waals surface area contributed by atoms with Gasteiger partial charge in [0, 0.05) is 18.2 Å². The SMILES string of the molecule is CNC(=O)COc1ccc(C(=O)/C=C/c2c(C)nn(-c3ccccc3)c2Cl)cc1. The molecule has 2 aromatic carbocycles. The van der Waals surface area contributed by atoms with Crippen LogP contribution in [0.5, 0.6) is 5.75 Å². The summed E-state index contributed by atoms with van der Waals surface area (Å²) in [5.74, 6) is 0.110. The second kappa shape index (κ2) is 9.21. The number of carbonyl (C=O) groups excluding carboxylic acids is 2. The molecule has 1 amide bonds. The predicted molar refractivity (Wildman–Crippen MR) is 113 cm³/mol. The van der Waals surface area contributed by atoms with Crippen LogP contribution < -0.4 is 10.1 Å². The number of carbonyl (C=O) groups is 2. The molecule has 6 nitrogen and oxygen atoms in total. The molecule has 1 aromatic heterocycles. The Morgan fingerprint density at radius 1 is 1.14 bits per heavy atom. The van der Waals surface area contributed by atoms with Gasteiger partial charge in [0.1, 0.15) is 10.9 Å². The molecule has 0 unspecified atom stereocenters. The fourth-order valence-corrected chi connectivity index (χ4v) is 2.97. The number of aryl methyl sites for hydroxylation is 1. The van der Waals surface area contributed by atoms with Gasteiger partial charge in [-0.25, -0.2) is 4.68 Å². The largest absolute Gasteiger partial charge is 0.484 e. The summed E-state index contributed by atoms with van der Waals surface area (Å²) >= 11 is 6.48. The van der Waals surface area contributed by atoms with Crippen molar-refractivity contribution in [3.05, 3.63) is 82.6 Å². The van der Waals surface area contributed by atoms with Crippen LogP contribution in [0.1, 0.15) is 21.6 Å². The third-order valence-corrected chi connectivity index (χ3v) is 4.60. The number of halogens is 1. The number of para-hydroxylation sites is 1. The Hall–Kier alpha value is -3.38. The number of hydrogen-bond donors (Lipinski definition) is 1. The number of ketones is 1. The van der Waals surface area contributed by atoms with Crippen LogP contribution in [-0.4, -0.2) is 35.1 Å². The molecule has 0 aliphatic rings. The van der Waals surface area contributed by atoms with E-state index in [-0.39, 0.29) is 18.3 Å². The van der Waals surface area contributed by atoms with E-state index < -0.39 is 0 Å². The van der Waals surface area contributed by atoms with Gasteiger partial charge in [-0.3, -0.25) is 9.59 Å². The van der Waals surface area contributed by atoms with Crippen LogP contribution in [0.2, 0.25) is 5.15 Å². The second-order valence-electron chi connectivity index (χ2n) is 6.22. The number of benzene rings is 2. The van der Waals surface area contributed by atoms with Crippen molar-refractivity contribution in [2.45, 2.75) is 6.92 Å². The number of amides is 1. The number of allylic oxidation sites excluding steroid dienone is 1. The van der Waals surface area contributed by atoms with Crippen LogP contribution in [0.15, 0.2) is 60.7 Å². The summed E-state index contributed by atoms with van der Waals surface area (Å²) in [5.41, 5.74) is 2.76. The van der Waals surface area contributed by atoms with Crippen molar-refractivity contribution >= 4 is 29.4 Å². The van der Waals surface area contributed by atoms with Gasteiger partial charge < -0.3 is 10.1 Å². The van der Waals surface area contributed by atoms with E-state index in [4.69, 9.17) is 16.3 Å². The van der Waals surface area contributed by atoms with Gasteiger partial charge in [-0.05, 0) is 55.5 Å². The van der Waals surface area contributed by atoms with Gasteiger partial charge in [-0.15, -0.1) is 0 Å². The van der Waals surface area contributed by atoms with Crippen molar-refractivity contribution in [3.63, 3.8) is 0 Å². The monoisotopic (exact) mass is 409 g/mol. The van der Waals surface area contributed by atoms with E-state index in [0.29, 0.717) is 22.0 Å². The molecule has 3 rings (SSSR count). The zero-order valence-corrected chi connectivity index (χ0v) is 16.8. The van der Waals surface area contributed by atoms with Crippen molar-refractivity contribution < 1.29 is 14.3 Å². The second-order valence-corrected chi connectivity index (χ2v) is 6.58. The molecule has 7 heteroatoms. The topological polar surface area (TPSA) is 73.2 Å². The summed E-state index contributed by atoms with van der Waals surface area (Å²) in [4.78, 5) is 23.7. The lowest BCUT2D eigenvalue weighted by Crippen LogP contribution is -2.24. The predicted octanol–water partition coefficient (Wildman–Crippen LogP) is 3.86. The number of nitrogens with one attached hydrogen (secondary N) is 1. The smallest absolute Gasteiger partial charge is 0.257 e. The molecular weight excluding hydrogens is 390 g/mol. The van der Waals surface area contributed by atoms with E-state index >= 15 is 0 Å². The van der Waals surface area contributed by atoms with E-state index in [9.17, 15) is 9.59 Å². The highest BCUT2D eigenvalue weighted by Crippen LogP contribution is 2.25. The maximum atomic E-state index is 12.5. The Labute approximate surface area is 173 Å². The van der Waals surface area contributed by atoms with Crippen molar-refractivity contribution in [3.8, 4) is 11.4 Å². The maximum absolute atomic E-state index is 12.5. The van der Waals surface area contributed by atoms with Crippen LogP contribution in [0.25, 0.3) is 11.8 Å². The molecule has 1 N–H and O–H groups in total. The third-order valence-electron chi connectivity index (χ3n) is 4.24. The van der Waals surface area contributed by atoms with E-state index in [1.807, 2.05) is 37.3 Å². The molecule has 0 saturated carbocycles. The van der Waals surface area contributed by atoms with Crippen LogP contribution in [0.4, 0.5) is 0 Å². The number of aromatic nitrogens is 2. The Morgan fingerprint density at radius 2 is 1.83 bits per heavy atom. The molecule has 0 aliphatic carbocycles. The van der Waals surface area contributed by atoms with Crippen LogP contribution >= 0.6 is 11.6 Å². The average molecular weight is 410 g/mol. The molecular formula is C22H20ClN3O3. The quantitative estimate of drug-likeness (QED) is 0.475. The zero-order chi connectivity index (χ0) is 20.8. The minimum absolute atomic E-state index is 0.0765. The Morgan fingerprint density at radius 3 is 2.48 bits per heavy atom. The summed E-state index contributed by atoms with van der Waals surface area (Å²) in [5, 5.41) is 7.37. The van der Waals surface area contributed by atoms with Gasteiger partial charge in [-0.1, -0.05) is 29.8 Å². The lowest BCUT2D eigenvalue weighted by Gasteiger charge is -2.05. The lowest BCUT2D eigenvalue weighted by atomic mass is 10.1. The van der Waals surface area contributed by atoms with E-state index in [1.54, 1.807) is 35.0 Å². The first-order chi connectivity index (χ1) is 14.0. The van der Waals surface area contributed by atoms with Gasteiger partial charge in [-0.2, -0.15) is 5.10 Å². The standard InChI is InChI=1S/C22H20ClN3O3/c1-15-19(22(23)26(25-15)17-6-4-3-5-7-17)12-13-20(27)16-8-10-18(11-9-16)29-14-21(28)24-2/h3-13H,14H2,1-2H3,(H,24,28)/b13-12+. The highest BCUT2D eigenvalue weighted by molar-refractivity contribution is 6.31. The fraction of sp³-hybridized carbons (Fsp3) is 0.136. The van der Waals surface area contributed by atoms with Crippen LogP contribution in [0.3, 0.4) is 0 Å². The van der Waals surface area contributed by atoms with Crippen molar-refractivity contribution in [2.75, 3.05) is 13.7 Å². The minimum atomic E-state index is -0.226. The fourth-order valence-electron chi connectivity index (χ4n) is 2.63. The van der Waals surface area contributed by atoms with Gasteiger partial charge in [0.05, 0.1) is 11.4 Å². The third kappa shape index (κ3) is 4.92. The van der Waals surface area contributed by atoms with Gasteiger partial charge in [0.25, 0.3) is 5.91 Å². The Bertz CT molecular complexity index is 1040. The number of ether oxygens (including phenoxy) is 1. The number of rotatable bonds is 7. The molecule has 0 fully saturated rings. The molecule has 0 saturated heterocycles. The highest BCUT2D eigenvalue weighted by atomic mass is 35.5. The molecule has 0 atom stereocenters. The average Bonchev–Trinajstić information content (AvgIpc) is 3.04. The summed E-state index contributed by atoms with van der Waals surface area (Å²) in [6.07, 6.45) is 3.13. The van der Waals surface area contributed by atoms with Crippen molar-refractivity contribution in [1.29, 1.82) is 0 Å². The molecule has 0 spiro atoms. The maximum Gasteiger partial charge on any atom is 0.257 e. The first kappa shape index (κ1) is 20.4. The summed E-state index contributed by atoms with van der Waals surface area (Å²) in [7, 11) is 1.54. The van der Waals surface area contributed by atoms with Crippen molar-refractivity contribution in [2.24, 2.45) is 0 Å². The molecule has 3 aromatic rings. The molecule has 0 radical (unpaired) electrons. The van der Waals surface area contributed by atoms with Crippen LogP contribution in [-0.2, 0) is 4.79 Å². The molecule has 29 heavy (non-hydrogen) atoms. The Balaban J connectivity index is 1.72. The lowest BCUT2D eigenvalue weighted by molar-refractivity contribution is -0.122. The van der Waals surface area contributed by atoms with Gasteiger partial charge in [0.2, 0.25) is 0 Å². The number of hydrogen-bond acceptors (Lipinski definition) is 4. The van der Waals surface area contributed by atoms with Crippen molar-refractivity contribution in [1.82, 2.24) is 15.1 Å². The van der Waals surface area contributed by atoms with Gasteiger partial charge >= 0.3 is 0 Å². The molecule has 1 heterocycles. The normalized spacial score (nSPS) is 10.9. The number of likely N-dealkylation sites (N-methyl/N-ethyl adjacent to an activating group) is 1. The molecule has 0 aliphatic heterocycles. The van der Waals surface area contributed by atoms with Crippen LogP contribution in [0, 0.1) is 6.92 Å². The van der Waals surface area contributed by atoms with E-state index in [0.717, 1.165) is 11.4 Å². The van der Waals surface area contributed by atoms with E-state index in [2.05, 4.69) is 10.4 Å². The zero-order valence-electron chi connectivity index (χ0n) is 16.1. The van der Waals surface area contributed by atoms with Gasteiger partial charge in [0.15, 0.2) is 12.4 Å². The minimum Gasteiger partial charge on any atom is -0.484 e. The number of nitrogens with zero attached hydrogens (tertiary/aromatic N) is 2. The summed E-state index contributed by atoms with van der Waals surface area (Å²) in [6.45, 7) is 1.76. The first-order valence-corrected chi connectivity index (χ1v) is 9.34. The van der Waals surface area contributed by atoms with E-state index in [1.165, 1.54) is 13.1 Å². The molecule has 0 bridgehead atoms. The molecule has 148 valence electrons. The first-order valence-electron chi connectivity index (χ1n) is 8.96.